The van der Waals surface area contributed by atoms with Crippen molar-refractivity contribution in [3.8, 4) is 0 Å². The summed E-state index contributed by atoms with van der Waals surface area (Å²) < 4.78 is 5.24. The van der Waals surface area contributed by atoms with Crippen LogP contribution < -0.4 is 10.6 Å². The topological polar surface area (TPSA) is 69.1 Å². The minimum absolute atomic E-state index is 0. The molecule has 0 aromatic carbocycles. The van der Waals surface area contributed by atoms with E-state index in [1.807, 2.05) is 0 Å². The molecule has 0 spiro atoms. The summed E-state index contributed by atoms with van der Waals surface area (Å²) in [5.41, 5.74) is 0.202. The zero-order valence-corrected chi connectivity index (χ0v) is 19.7. The lowest BCUT2D eigenvalue weighted by molar-refractivity contribution is 0.137. The second kappa shape index (κ2) is 14.0. The number of ether oxygens (including phenoxy) is 1. The molecule has 2 fully saturated rings. The Morgan fingerprint density at radius 3 is 2.67 bits per heavy atom. The normalized spacial score (nSPS) is 23.1. The van der Waals surface area contributed by atoms with E-state index in [1.165, 1.54) is 51.5 Å². The number of nitrogens with zero attached hydrogens (tertiary/aromatic N) is 2. The monoisotopic (exact) mass is 496 g/mol. The number of guanidine groups is 1. The fourth-order valence-corrected chi connectivity index (χ4v) is 4.46. The first-order valence-corrected chi connectivity index (χ1v) is 10.6. The summed E-state index contributed by atoms with van der Waals surface area (Å²) in [5.74, 6) is 0.925. The average Bonchev–Trinajstić information content (AvgIpc) is 3.11. The van der Waals surface area contributed by atoms with Gasteiger partial charge in [0.15, 0.2) is 5.96 Å². The molecule has 0 aromatic rings. The van der Waals surface area contributed by atoms with Crippen LogP contribution in [0.3, 0.4) is 0 Å². The van der Waals surface area contributed by atoms with Gasteiger partial charge in [-0.3, -0.25) is 9.89 Å². The van der Waals surface area contributed by atoms with Gasteiger partial charge in [0.1, 0.15) is 0 Å². The molecule has 0 aromatic heterocycles. The van der Waals surface area contributed by atoms with Gasteiger partial charge in [-0.05, 0) is 51.0 Å². The first kappa shape index (κ1) is 24.9. The summed E-state index contributed by atoms with van der Waals surface area (Å²) in [7, 11) is 1.77. The third-order valence-corrected chi connectivity index (χ3v) is 6.06. The summed E-state index contributed by atoms with van der Waals surface area (Å²) in [6.07, 6.45) is 9.66. The number of halogens is 1. The van der Waals surface area contributed by atoms with Gasteiger partial charge in [-0.1, -0.05) is 19.3 Å². The van der Waals surface area contributed by atoms with Crippen LogP contribution in [0.15, 0.2) is 4.99 Å². The van der Waals surface area contributed by atoms with E-state index in [0.717, 1.165) is 45.2 Å². The molecule has 1 saturated carbocycles. The van der Waals surface area contributed by atoms with Gasteiger partial charge in [0, 0.05) is 45.9 Å². The summed E-state index contributed by atoms with van der Waals surface area (Å²) in [6, 6.07) is 0.565. The maximum atomic E-state index is 9.50. The van der Waals surface area contributed by atoms with Gasteiger partial charge >= 0.3 is 0 Å². The average molecular weight is 496 g/mol. The molecular formula is C20H41IN4O2. The summed E-state index contributed by atoms with van der Waals surface area (Å²) in [6.45, 7) is 7.99. The van der Waals surface area contributed by atoms with Gasteiger partial charge in [-0.15, -0.1) is 24.0 Å². The third-order valence-electron chi connectivity index (χ3n) is 6.06. The number of hydrogen-bond acceptors (Lipinski definition) is 4. The van der Waals surface area contributed by atoms with Crippen LogP contribution in [0.1, 0.15) is 58.3 Å². The molecule has 7 heteroatoms. The lowest BCUT2D eigenvalue weighted by Gasteiger charge is -2.36. The summed E-state index contributed by atoms with van der Waals surface area (Å²) in [5, 5.41) is 16.5. The van der Waals surface area contributed by atoms with Crippen molar-refractivity contribution in [1.82, 2.24) is 15.5 Å². The lowest BCUT2D eigenvalue weighted by atomic mass is 9.72. The Balaban J connectivity index is 0.00000364. The van der Waals surface area contributed by atoms with Crippen molar-refractivity contribution >= 4 is 29.9 Å². The molecule has 160 valence electrons. The Hall–Kier alpha value is -0.120. The summed E-state index contributed by atoms with van der Waals surface area (Å²) >= 11 is 0. The molecule has 6 nitrogen and oxygen atoms in total. The number of nitrogens with one attached hydrogen (secondary N) is 2. The quantitative estimate of drug-likeness (QED) is 0.247. The van der Waals surface area contributed by atoms with Crippen molar-refractivity contribution in [2.24, 2.45) is 10.4 Å². The molecule has 2 aliphatic rings. The van der Waals surface area contributed by atoms with E-state index in [9.17, 15) is 5.11 Å². The van der Waals surface area contributed by atoms with Crippen LogP contribution in [0.2, 0.25) is 0 Å². The number of hydrogen-bond donors (Lipinski definition) is 3. The second-order valence-corrected chi connectivity index (χ2v) is 7.94. The van der Waals surface area contributed by atoms with Crippen LogP contribution in [0.5, 0.6) is 0 Å². The highest BCUT2D eigenvalue weighted by Crippen LogP contribution is 2.39. The van der Waals surface area contributed by atoms with Crippen molar-refractivity contribution in [2.45, 2.75) is 64.3 Å². The van der Waals surface area contributed by atoms with Gasteiger partial charge < -0.3 is 20.5 Å². The number of aliphatic hydroxyl groups is 1. The molecule has 2 rings (SSSR count). The number of rotatable bonds is 10. The minimum Gasteiger partial charge on any atom is -0.396 e. The molecule has 0 radical (unpaired) electrons. The number of aliphatic hydroxyl groups excluding tert-OH is 1. The molecule has 3 N–H and O–H groups in total. The van der Waals surface area contributed by atoms with Crippen molar-refractivity contribution in [3.05, 3.63) is 0 Å². The van der Waals surface area contributed by atoms with Crippen LogP contribution >= 0.6 is 24.0 Å². The largest absolute Gasteiger partial charge is 0.396 e. The van der Waals surface area contributed by atoms with Crippen LogP contribution in [-0.4, -0.2) is 75.1 Å². The minimum atomic E-state index is 0. The molecule has 0 bridgehead atoms. The highest BCUT2D eigenvalue weighted by atomic mass is 127. The Bertz CT molecular complexity index is 411. The Kier molecular flexibility index (Phi) is 12.9. The van der Waals surface area contributed by atoms with Crippen LogP contribution in [0, 0.1) is 5.41 Å². The summed E-state index contributed by atoms with van der Waals surface area (Å²) in [4.78, 5) is 7.44. The maximum Gasteiger partial charge on any atom is 0.191 e. The Morgan fingerprint density at radius 1 is 1.22 bits per heavy atom. The second-order valence-electron chi connectivity index (χ2n) is 7.94. The first-order chi connectivity index (χ1) is 12.7. The lowest BCUT2D eigenvalue weighted by Crippen LogP contribution is -2.46. The molecule has 1 unspecified atom stereocenters. The van der Waals surface area contributed by atoms with Gasteiger partial charge in [0.2, 0.25) is 0 Å². The maximum absolute atomic E-state index is 9.50. The number of likely N-dealkylation sites (tertiary alicyclic amines) is 1. The molecule has 0 amide bonds. The smallest absolute Gasteiger partial charge is 0.191 e. The van der Waals surface area contributed by atoms with Gasteiger partial charge in [0.05, 0.1) is 6.61 Å². The fraction of sp³-hybridized carbons (Fsp3) is 0.950. The van der Waals surface area contributed by atoms with Crippen molar-refractivity contribution in [1.29, 1.82) is 0 Å². The van der Waals surface area contributed by atoms with E-state index >= 15 is 0 Å². The Labute approximate surface area is 182 Å². The van der Waals surface area contributed by atoms with Crippen LogP contribution in [0.4, 0.5) is 0 Å². The van der Waals surface area contributed by atoms with Gasteiger partial charge in [-0.2, -0.15) is 0 Å². The zero-order valence-electron chi connectivity index (χ0n) is 17.3. The van der Waals surface area contributed by atoms with E-state index in [2.05, 4.69) is 22.5 Å². The standard InChI is InChI=1S/C20H40N4O2.HI/c1-3-21-19(22-16-18-8-7-12-24(18)13-15-26-2)23-17-20(11-14-25)9-5-4-6-10-20;/h18,25H,3-17H2,1-2H3,(H2,21,22,23);1H. The van der Waals surface area contributed by atoms with E-state index in [0.29, 0.717) is 6.04 Å². The van der Waals surface area contributed by atoms with E-state index in [1.54, 1.807) is 7.11 Å². The van der Waals surface area contributed by atoms with E-state index in [-0.39, 0.29) is 36.0 Å². The SMILES string of the molecule is CCNC(=NCC1(CCO)CCCCC1)NCC1CCCN1CCOC.I. The van der Waals surface area contributed by atoms with E-state index < -0.39 is 0 Å². The van der Waals surface area contributed by atoms with Crippen molar-refractivity contribution in [3.63, 3.8) is 0 Å². The predicted octanol–water partition coefficient (Wildman–Crippen LogP) is 2.60. The molecule has 1 heterocycles. The van der Waals surface area contributed by atoms with Gasteiger partial charge in [0.25, 0.3) is 0 Å². The predicted molar refractivity (Wildman–Crippen MR) is 123 cm³/mol. The molecule has 27 heavy (non-hydrogen) atoms. The number of methoxy groups -OCH3 is 1. The Morgan fingerprint density at radius 2 is 2.00 bits per heavy atom. The first-order valence-electron chi connectivity index (χ1n) is 10.6. The molecule has 1 aliphatic heterocycles. The fourth-order valence-electron chi connectivity index (χ4n) is 4.46. The molecule has 1 aliphatic carbocycles. The van der Waals surface area contributed by atoms with Crippen LogP contribution in [-0.2, 0) is 4.74 Å². The van der Waals surface area contributed by atoms with E-state index in [4.69, 9.17) is 9.73 Å². The van der Waals surface area contributed by atoms with Crippen molar-refractivity contribution in [2.75, 3.05) is 53.0 Å². The number of aliphatic imine (C=N–C) groups is 1. The molecule has 1 atom stereocenters. The zero-order chi connectivity index (χ0) is 18.7. The molecule has 1 saturated heterocycles. The van der Waals surface area contributed by atoms with Crippen LogP contribution in [0.25, 0.3) is 0 Å². The highest BCUT2D eigenvalue weighted by Gasteiger charge is 2.31. The highest BCUT2D eigenvalue weighted by molar-refractivity contribution is 14.0. The third kappa shape index (κ3) is 8.41. The molecular weight excluding hydrogens is 455 g/mol. The van der Waals surface area contributed by atoms with Crippen molar-refractivity contribution < 1.29 is 9.84 Å². The van der Waals surface area contributed by atoms with Gasteiger partial charge in [-0.25, -0.2) is 0 Å².